The van der Waals surface area contributed by atoms with Crippen LogP contribution in [0.3, 0.4) is 0 Å². The van der Waals surface area contributed by atoms with Crippen LogP contribution in [0, 0.1) is 6.67 Å². The predicted molar refractivity (Wildman–Crippen MR) is 203 cm³/mol. The van der Waals surface area contributed by atoms with Gasteiger partial charge in [0.15, 0.2) is 0 Å². The fourth-order valence-corrected chi connectivity index (χ4v) is 6.45. The van der Waals surface area contributed by atoms with Crippen LogP contribution in [0.25, 0.3) is 33.5 Å². The van der Waals surface area contributed by atoms with Crippen LogP contribution in [0.4, 0.5) is 11.4 Å². The van der Waals surface area contributed by atoms with Gasteiger partial charge in [0, 0.05) is 39.1 Å². The molecule has 1 radical (unpaired) electrons. The Bertz CT molecular complexity index is 1900. The average Bonchev–Trinajstić information content (AvgIpc) is 3.75. The molecule has 6 aromatic rings. The predicted octanol–water partition coefficient (Wildman–Crippen LogP) is 11.5. The first kappa shape index (κ1) is 36.1. The third-order valence-electron chi connectivity index (χ3n) is 9.00. The largest absolute Gasteiger partial charge is 0.479 e. The second-order valence-corrected chi connectivity index (χ2v) is 13.8. The zero-order valence-corrected chi connectivity index (χ0v) is 32.0. The first-order valence-electron chi connectivity index (χ1n) is 17.2. The molecule has 5 nitrogen and oxygen atoms in total. The summed E-state index contributed by atoms with van der Waals surface area (Å²) in [5.74, 6) is 2.61. The molecule has 4 aromatic carbocycles. The molecule has 0 saturated heterocycles. The van der Waals surface area contributed by atoms with Crippen molar-refractivity contribution in [3.05, 3.63) is 138 Å². The normalized spacial score (nSPS) is 12.8. The summed E-state index contributed by atoms with van der Waals surface area (Å²) in [7, 11) is 0. The fraction of sp³-hybridized carbons (Fsp3) is 0.279. The maximum atomic E-state index is 4.62. The van der Waals surface area contributed by atoms with Gasteiger partial charge in [0.05, 0.1) is 11.2 Å². The van der Waals surface area contributed by atoms with Crippen LogP contribution < -0.4 is 14.8 Å². The molecule has 1 aliphatic rings. The molecule has 2 aromatic heterocycles. The number of nitrogens with zero attached hydrogens (tertiary/aromatic N) is 5. The standard InChI is InChI=1S/C27H37N2.C16H10N3.Au/c1-18(2)22-11-9-12-23(19(3)4)26(22)28-15-16-29(17-28)27-24(20(5)6)13-10-14-25(27)21(7)8;1-2-6-12-11(5-1)9-10-15(17-12)16-18-13-7-3-4-8-14(13)19-16;/h9-21H,1-8H3;1-10H;/q2*-1;. The van der Waals surface area contributed by atoms with Crippen molar-refractivity contribution < 1.29 is 22.4 Å². The number of anilines is 2. The van der Waals surface area contributed by atoms with Gasteiger partial charge in [-0.05, 0) is 87.3 Å². The molecule has 0 N–H and O–H groups in total. The molecule has 1 aliphatic heterocycles. The van der Waals surface area contributed by atoms with Crippen LogP contribution in [-0.2, 0) is 22.4 Å². The van der Waals surface area contributed by atoms with Gasteiger partial charge in [0.25, 0.3) is 0 Å². The molecule has 3 heterocycles. The fourth-order valence-electron chi connectivity index (χ4n) is 6.45. The molecule has 6 heteroatoms. The summed E-state index contributed by atoms with van der Waals surface area (Å²) in [4.78, 5) is 18.3. The summed E-state index contributed by atoms with van der Waals surface area (Å²) in [6, 6.07) is 33.4. The zero-order valence-electron chi connectivity index (χ0n) is 29.8. The van der Waals surface area contributed by atoms with Gasteiger partial charge < -0.3 is 19.8 Å². The second kappa shape index (κ2) is 15.6. The van der Waals surface area contributed by atoms with E-state index in [4.69, 9.17) is 0 Å². The van der Waals surface area contributed by atoms with E-state index in [9.17, 15) is 0 Å². The Morgan fingerprint density at radius 3 is 1.47 bits per heavy atom. The van der Waals surface area contributed by atoms with Gasteiger partial charge in [-0.2, -0.15) is 0 Å². The van der Waals surface area contributed by atoms with E-state index in [1.165, 1.54) is 33.6 Å². The summed E-state index contributed by atoms with van der Waals surface area (Å²) in [6.07, 6.45) is 4.43. The number of fused-ring (bicyclic) bond motifs is 2. The maximum Gasteiger partial charge on any atom is 0.0709 e. The van der Waals surface area contributed by atoms with E-state index in [2.05, 4.69) is 148 Å². The topological polar surface area (TPSA) is 46.4 Å². The molecule has 0 fully saturated rings. The summed E-state index contributed by atoms with van der Waals surface area (Å²) in [5, 5.41) is 1.13. The Labute approximate surface area is 308 Å². The number of pyridine rings is 1. The van der Waals surface area contributed by atoms with Gasteiger partial charge in [0.2, 0.25) is 0 Å². The Hall–Kier alpha value is -4.16. The number of aromatic nitrogens is 3. The first-order valence-corrected chi connectivity index (χ1v) is 17.2. The Kier molecular flexibility index (Phi) is 11.5. The van der Waals surface area contributed by atoms with Crippen LogP contribution in [-0.4, -0.2) is 9.97 Å². The van der Waals surface area contributed by atoms with Crippen molar-refractivity contribution in [1.82, 2.24) is 15.0 Å². The second-order valence-electron chi connectivity index (χ2n) is 13.8. The summed E-state index contributed by atoms with van der Waals surface area (Å²) in [6.45, 7) is 20.5. The average molecular weight is 831 g/mol. The number of rotatable bonds is 7. The van der Waals surface area contributed by atoms with Crippen LogP contribution in [0.1, 0.15) is 101 Å². The molecule has 0 aliphatic carbocycles. The molecule has 0 bridgehead atoms. The molecule has 0 unspecified atom stereocenters. The van der Waals surface area contributed by atoms with E-state index in [0.29, 0.717) is 29.5 Å². The third kappa shape index (κ3) is 7.70. The van der Waals surface area contributed by atoms with Gasteiger partial charge in [-0.25, -0.2) is 4.98 Å². The van der Waals surface area contributed by atoms with Crippen LogP contribution in [0.15, 0.2) is 109 Å². The molecule has 0 saturated carbocycles. The van der Waals surface area contributed by atoms with E-state index in [1.54, 1.807) is 0 Å². The van der Waals surface area contributed by atoms with Crippen molar-refractivity contribution in [1.29, 1.82) is 0 Å². The Morgan fingerprint density at radius 2 is 0.980 bits per heavy atom. The number of hydrogen-bond donors (Lipinski definition) is 0. The van der Waals surface area contributed by atoms with Gasteiger partial charge in [-0.1, -0.05) is 140 Å². The van der Waals surface area contributed by atoms with Gasteiger partial charge >= 0.3 is 0 Å². The molecular formula is C43H47AuN5-2. The van der Waals surface area contributed by atoms with Crippen molar-refractivity contribution >= 4 is 33.3 Å². The van der Waals surface area contributed by atoms with Crippen molar-refractivity contribution in [2.24, 2.45) is 0 Å². The molecule has 0 amide bonds. The van der Waals surface area contributed by atoms with Crippen LogP contribution >= 0.6 is 0 Å². The van der Waals surface area contributed by atoms with E-state index in [1.807, 2.05) is 48.5 Å². The number of benzene rings is 4. The minimum absolute atomic E-state index is 0. The van der Waals surface area contributed by atoms with Crippen molar-refractivity contribution in [2.75, 3.05) is 9.80 Å². The van der Waals surface area contributed by atoms with E-state index in [0.717, 1.165) is 27.6 Å². The van der Waals surface area contributed by atoms with Crippen LogP contribution in [0.5, 0.6) is 0 Å². The number of imidazole rings is 1. The molecular weight excluding hydrogens is 783 g/mol. The van der Waals surface area contributed by atoms with Gasteiger partial charge in [0.1, 0.15) is 0 Å². The zero-order chi connectivity index (χ0) is 33.9. The summed E-state index contributed by atoms with van der Waals surface area (Å²) < 4.78 is 0. The SMILES string of the molecule is CC(C)c1cccc(C(C)C)c1N1C=CN(c2c(C(C)C)cccc2C(C)C)[CH-]1.[Au].c1ccc2nc(-c3nc4ccccc4[n-]3)ccc2c1. The van der Waals surface area contributed by atoms with E-state index >= 15 is 0 Å². The maximum absolute atomic E-state index is 4.62. The molecule has 7 rings (SSSR count). The van der Waals surface area contributed by atoms with Gasteiger partial charge in [-0.15, -0.1) is 6.67 Å². The monoisotopic (exact) mass is 830 g/mol. The Balaban J connectivity index is 0.000000202. The minimum Gasteiger partial charge on any atom is -0.479 e. The summed E-state index contributed by atoms with van der Waals surface area (Å²) >= 11 is 0. The number of para-hydroxylation sites is 5. The smallest absolute Gasteiger partial charge is 0.0709 e. The van der Waals surface area contributed by atoms with Crippen molar-refractivity contribution in [2.45, 2.75) is 79.1 Å². The van der Waals surface area contributed by atoms with E-state index in [-0.39, 0.29) is 22.4 Å². The third-order valence-corrected chi connectivity index (χ3v) is 9.00. The summed E-state index contributed by atoms with van der Waals surface area (Å²) in [5.41, 5.74) is 11.9. The molecule has 49 heavy (non-hydrogen) atoms. The van der Waals surface area contributed by atoms with Gasteiger partial charge in [-0.3, -0.25) is 0 Å². The molecule has 0 atom stereocenters. The Morgan fingerprint density at radius 1 is 0.510 bits per heavy atom. The molecule has 0 spiro atoms. The number of hydrogen-bond acceptors (Lipinski definition) is 4. The first-order chi connectivity index (χ1) is 23.1. The quantitative estimate of drug-likeness (QED) is 0.118. The minimum atomic E-state index is 0. The van der Waals surface area contributed by atoms with Crippen molar-refractivity contribution in [3.8, 4) is 11.5 Å². The van der Waals surface area contributed by atoms with E-state index < -0.39 is 0 Å². The van der Waals surface area contributed by atoms with Crippen LogP contribution in [0.2, 0.25) is 0 Å². The molecule has 257 valence electrons. The van der Waals surface area contributed by atoms with Crippen molar-refractivity contribution in [3.63, 3.8) is 0 Å².